The topological polar surface area (TPSA) is 75.4 Å². The predicted molar refractivity (Wildman–Crippen MR) is 92.4 cm³/mol. The van der Waals surface area contributed by atoms with Crippen molar-refractivity contribution in [3.8, 4) is 0 Å². The number of nitrogens with one attached hydrogen (secondary N) is 1. The summed E-state index contributed by atoms with van der Waals surface area (Å²) in [5, 5.41) is 13.5. The Kier molecular flexibility index (Phi) is 6.07. The van der Waals surface area contributed by atoms with Gasteiger partial charge in [0.05, 0.1) is 11.4 Å². The molecule has 0 saturated carbocycles. The van der Waals surface area contributed by atoms with Crippen LogP contribution in [-0.4, -0.2) is 33.9 Å². The van der Waals surface area contributed by atoms with Crippen LogP contribution in [0.15, 0.2) is 33.9 Å². The first-order valence-electron chi connectivity index (χ1n) is 7.83. The molecule has 2 N–H and O–H groups in total. The van der Waals surface area contributed by atoms with Crippen LogP contribution in [0.2, 0.25) is 0 Å². The highest BCUT2D eigenvalue weighted by Gasteiger charge is 2.21. The van der Waals surface area contributed by atoms with Gasteiger partial charge in [-0.2, -0.15) is 0 Å². The number of hydrogen-bond donors (Lipinski definition) is 2. The van der Waals surface area contributed by atoms with Gasteiger partial charge in [0.2, 0.25) is 5.91 Å². The lowest BCUT2D eigenvalue weighted by atomic mass is 9.95. The van der Waals surface area contributed by atoms with E-state index in [1.807, 2.05) is 24.3 Å². The minimum Gasteiger partial charge on any atom is -0.431 e. The number of thioether (sulfide) groups is 1. The average molecular weight is 336 g/mol. The highest BCUT2D eigenvalue weighted by atomic mass is 32.2. The number of hydrogen-bond acceptors (Lipinski definition) is 5. The summed E-state index contributed by atoms with van der Waals surface area (Å²) >= 11 is 1.25. The lowest BCUT2D eigenvalue weighted by Gasteiger charge is -2.24. The first-order chi connectivity index (χ1) is 10.9. The molecule has 0 radical (unpaired) electrons. The molecule has 0 aliphatic heterocycles. The first-order valence-corrected chi connectivity index (χ1v) is 8.82. The normalized spacial score (nSPS) is 14.1. The number of aromatic nitrogens is 1. The zero-order valence-electron chi connectivity index (χ0n) is 13.8. The Labute approximate surface area is 140 Å². The molecular weight excluding hydrogens is 312 g/mol. The van der Waals surface area contributed by atoms with E-state index >= 15 is 0 Å². The predicted octanol–water partition coefficient (Wildman–Crippen LogP) is 3.22. The second kappa shape index (κ2) is 7.84. The van der Waals surface area contributed by atoms with Gasteiger partial charge in [-0.25, -0.2) is 4.98 Å². The van der Waals surface area contributed by atoms with Crippen molar-refractivity contribution in [2.75, 3.05) is 12.3 Å². The number of aliphatic hydroxyl groups is 1. The number of benzene rings is 1. The molecular formula is C17H24N2O3S. The number of oxazole rings is 1. The molecule has 0 saturated heterocycles. The average Bonchev–Trinajstić information content (AvgIpc) is 2.92. The standard InChI is InChI=1S/C17H24N2O3S/c1-12(2)8-9-17(3,21)11-18-15(20)10-23-16-19-13-6-4-5-7-14(13)22-16/h4-7,12,21H,8-11H2,1-3H3,(H,18,20). The molecule has 126 valence electrons. The van der Waals surface area contributed by atoms with Crippen LogP contribution in [-0.2, 0) is 4.79 Å². The van der Waals surface area contributed by atoms with Crippen LogP contribution in [0.5, 0.6) is 0 Å². The van der Waals surface area contributed by atoms with Gasteiger partial charge < -0.3 is 14.8 Å². The number of carbonyl (C=O) groups is 1. The summed E-state index contributed by atoms with van der Waals surface area (Å²) in [7, 11) is 0. The summed E-state index contributed by atoms with van der Waals surface area (Å²) in [5.74, 6) is 0.613. The first kappa shape index (κ1) is 17.8. The van der Waals surface area contributed by atoms with Gasteiger partial charge in [-0.3, -0.25) is 4.79 Å². The maximum Gasteiger partial charge on any atom is 0.257 e. The third kappa shape index (κ3) is 5.88. The van der Waals surface area contributed by atoms with Gasteiger partial charge in [0.15, 0.2) is 5.58 Å². The van der Waals surface area contributed by atoms with Crippen molar-refractivity contribution in [1.29, 1.82) is 0 Å². The molecule has 6 heteroatoms. The van der Waals surface area contributed by atoms with Crippen LogP contribution >= 0.6 is 11.8 Å². The number of amides is 1. The summed E-state index contributed by atoms with van der Waals surface area (Å²) < 4.78 is 5.55. The Morgan fingerprint density at radius 2 is 2.17 bits per heavy atom. The van der Waals surface area contributed by atoms with E-state index < -0.39 is 5.60 Å². The molecule has 0 aliphatic rings. The van der Waals surface area contributed by atoms with E-state index in [1.54, 1.807) is 6.92 Å². The van der Waals surface area contributed by atoms with Gasteiger partial charge >= 0.3 is 0 Å². The van der Waals surface area contributed by atoms with Gasteiger partial charge in [-0.15, -0.1) is 0 Å². The fourth-order valence-corrected chi connectivity index (χ4v) is 2.74. The Balaban J connectivity index is 1.76. The van der Waals surface area contributed by atoms with Crippen molar-refractivity contribution in [3.05, 3.63) is 24.3 Å². The lowest BCUT2D eigenvalue weighted by molar-refractivity contribution is -0.119. The highest BCUT2D eigenvalue weighted by molar-refractivity contribution is 7.99. The largest absolute Gasteiger partial charge is 0.431 e. The second-order valence-corrected chi connectivity index (χ2v) is 7.37. The quantitative estimate of drug-likeness (QED) is 0.724. The van der Waals surface area contributed by atoms with Crippen LogP contribution in [0.3, 0.4) is 0 Å². The van der Waals surface area contributed by atoms with Crippen molar-refractivity contribution >= 4 is 28.8 Å². The smallest absolute Gasteiger partial charge is 0.257 e. The van der Waals surface area contributed by atoms with E-state index in [2.05, 4.69) is 24.1 Å². The zero-order valence-corrected chi connectivity index (χ0v) is 14.7. The molecule has 23 heavy (non-hydrogen) atoms. The molecule has 0 aliphatic carbocycles. The van der Waals surface area contributed by atoms with Crippen LogP contribution in [0.4, 0.5) is 0 Å². The maximum absolute atomic E-state index is 11.9. The van der Waals surface area contributed by atoms with Crippen molar-refractivity contribution in [2.24, 2.45) is 5.92 Å². The molecule has 0 fully saturated rings. The molecule has 5 nitrogen and oxygen atoms in total. The maximum atomic E-state index is 11.9. The van der Waals surface area contributed by atoms with Gasteiger partial charge in [0, 0.05) is 6.54 Å². The third-order valence-electron chi connectivity index (χ3n) is 3.53. The number of para-hydroxylation sites is 2. The van der Waals surface area contributed by atoms with Gasteiger partial charge in [0.25, 0.3) is 5.22 Å². The second-order valence-electron chi connectivity index (χ2n) is 6.44. The number of nitrogens with zero attached hydrogens (tertiary/aromatic N) is 1. The van der Waals surface area contributed by atoms with E-state index in [0.29, 0.717) is 23.1 Å². The Morgan fingerprint density at radius 1 is 1.43 bits per heavy atom. The van der Waals surface area contributed by atoms with Gasteiger partial charge in [0.1, 0.15) is 5.52 Å². The fraction of sp³-hybridized carbons (Fsp3) is 0.529. The molecule has 0 bridgehead atoms. The molecule has 1 amide bonds. The van der Waals surface area contributed by atoms with Crippen LogP contribution in [0.1, 0.15) is 33.6 Å². The van der Waals surface area contributed by atoms with Gasteiger partial charge in [-0.05, 0) is 37.8 Å². The van der Waals surface area contributed by atoms with Crippen LogP contribution in [0, 0.1) is 5.92 Å². The molecule has 0 spiro atoms. The number of rotatable bonds is 8. The van der Waals surface area contributed by atoms with Crippen molar-refractivity contribution < 1.29 is 14.3 Å². The highest BCUT2D eigenvalue weighted by Crippen LogP contribution is 2.23. The Bertz CT molecular complexity index is 619. The monoisotopic (exact) mass is 336 g/mol. The molecule has 2 aromatic rings. The van der Waals surface area contributed by atoms with E-state index in [0.717, 1.165) is 11.9 Å². The van der Waals surface area contributed by atoms with Crippen LogP contribution < -0.4 is 5.32 Å². The van der Waals surface area contributed by atoms with E-state index in [9.17, 15) is 9.90 Å². The zero-order chi connectivity index (χ0) is 16.9. The van der Waals surface area contributed by atoms with Gasteiger partial charge in [-0.1, -0.05) is 37.7 Å². The number of carbonyl (C=O) groups excluding carboxylic acids is 1. The SMILES string of the molecule is CC(C)CCC(C)(O)CNC(=O)CSc1nc2ccccc2o1. The summed E-state index contributed by atoms with van der Waals surface area (Å²) in [6, 6.07) is 7.49. The van der Waals surface area contributed by atoms with Crippen LogP contribution in [0.25, 0.3) is 11.1 Å². The van der Waals surface area contributed by atoms with Crippen molar-refractivity contribution in [1.82, 2.24) is 10.3 Å². The van der Waals surface area contributed by atoms with E-state index in [4.69, 9.17) is 4.42 Å². The molecule has 1 aromatic heterocycles. The summed E-state index contributed by atoms with van der Waals surface area (Å²) in [6.45, 7) is 6.24. The molecule has 2 rings (SSSR count). The minimum absolute atomic E-state index is 0.137. The Hall–Kier alpha value is -1.53. The summed E-state index contributed by atoms with van der Waals surface area (Å²) in [5.41, 5.74) is 0.626. The summed E-state index contributed by atoms with van der Waals surface area (Å²) in [6.07, 6.45) is 1.60. The fourth-order valence-electron chi connectivity index (χ4n) is 2.07. The molecule has 1 unspecified atom stereocenters. The lowest BCUT2D eigenvalue weighted by Crippen LogP contribution is -2.41. The Morgan fingerprint density at radius 3 is 2.87 bits per heavy atom. The molecule has 1 heterocycles. The molecule has 1 aromatic carbocycles. The third-order valence-corrected chi connectivity index (χ3v) is 4.36. The summed E-state index contributed by atoms with van der Waals surface area (Å²) in [4.78, 5) is 16.2. The molecule has 1 atom stereocenters. The van der Waals surface area contributed by atoms with Crippen molar-refractivity contribution in [3.63, 3.8) is 0 Å². The van der Waals surface area contributed by atoms with Crippen molar-refractivity contribution in [2.45, 2.75) is 44.4 Å². The number of fused-ring (bicyclic) bond motifs is 1. The van der Waals surface area contributed by atoms with E-state index in [-0.39, 0.29) is 18.2 Å². The van der Waals surface area contributed by atoms with E-state index in [1.165, 1.54) is 11.8 Å². The minimum atomic E-state index is -0.873.